The molecule has 0 spiro atoms. The summed E-state index contributed by atoms with van der Waals surface area (Å²) in [7, 11) is 2.14. The summed E-state index contributed by atoms with van der Waals surface area (Å²) in [6.45, 7) is 7.59. The molecule has 0 amide bonds. The molecule has 0 saturated carbocycles. The lowest BCUT2D eigenvalue weighted by Gasteiger charge is -2.24. The Morgan fingerprint density at radius 2 is 2.00 bits per heavy atom. The highest BCUT2D eigenvalue weighted by Gasteiger charge is 2.10. The predicted molar refractivity (Wildman–Crippen MR) is 79.5 cm³/mol. The lowest BCUT2D eigenvalue weighted by molar-refractivity contribution is 0.559. The summed E-state index contributed by atoms with van der Waals surface area (Å²) in [6.07, 6.45) is 1.21. The van der Waals surface area contributed by atoms with Crippen LogP contribution in [0.1, 0.15) is 38.8 Å². The summed E-state index contributed by atoms with van der Waals surface area (Å²) in [5, 5.41) is 0. The van der Waals surface area contributed by atoms with E-state index in [-0.39, 0.29) is 6.04 Å². The van der Waals surface area contributed by atoms with E-state index in [1.807, 2.05) is 6.92 Å². The van der Waals surface area contributed by atoms with Gasteiger partial charge in [0.2, 0.25) is 0 Å². The second-order valence-electron chi connectivity index (χ2n) is 4.89. The van der Waals surface area contributed by atoms with Crippen molar-refractivity contribution < 1.29 is 0 Å². The Kier molecular flexibility index (Phi) is 5.47. The molecule has 0 aromatic heterocycles. The number of anilines is 1. The number of nitrogens with two attached hydrogens (primary N) is 1. The Balaban J connectivity index is 2.84. The van der Waals surface area contributed by atoms with Crippen LogP contribution in [0.15, 0.2) is 22.7 Å². The van der Waals surface area contributed by atoms with Gasteiger partial charge in [0.1, 0.15) is 0 Å². The first-order valence-electron chi connectivity index (χ1n) is 6.21. The average molecular weight is 299 g/mol. The molecule has 0 saturated heterocycles. The maximum absolute atomic E-state index is 5.88. The van der Waals surface area contributed by atoms with Gasteiger partial charge in [-0.2, -0.15) is 0 Å². The minimum atomic E-state index is 0.0835. The van der Waals surface area contributed by atoms with Crippen LogP contribution in [0.4, 0.5) is 5.69 Å². The van der Waals surface area contributed by atoms with Crippen molar-refractivity contribution in [1.82, 2.24) is 0 Å². The second-order valence-corrected chi connectivity index (χ2v) is 5.75. The summed E-state index contributed by atoms with van der Waals surface area (Å²) < 4.78 is 1.12. The minimum absolute atomic E-state index is 0.0835. The van der Waals surface area contributed by atoms with Crippen molar-refractivity contribution in [3.8, 4) is 0 Å². The Morgan fingerprint density at radius 1 is 1.35 bits per heavy atom. The number of benzene rings is 1. The quantitative estimate of drug-likeness (QED) is 0.892. The fourth-order valence-corrected chi connectivity index (χ4v) is 2.51. The maximum atomic E-state index is 5.88. The van der Waals surface area contributed by atoms with Crippen LogP contribution < -0.4 is 10.6 Å². The molecule has 1 aromatic carbocycles. The molecular formula is C14H23BrN2. The number of rotatable bonds is 5. The number of nitrogens with zero attached hydrogens (tertiary/aromatic N) is 1. The first kappa shape index (κ1) is 14.5. The van der Waals surface area contributed by atoms with Crippen LogP contribution in [0.2, 0.25) is 0 Å². The maximum Gasteiger partial charge on any atom is 0.0508 e. The van der Waals surface area contributed by atoms with Gasteiger partial charge in [0.05, 0.1) is 5.69 Å². The molecule has 0 aliphatic heterocycles. The van der Waals surface area contributed by atoms with Gasteiger partial charge in [0.25, 0.3) is 0 Å². The molecule has 0 bridgehead atoms. The minimum Gasteiger partial charge on any atom is -0.373 e. The van der Waals surface area contributed by atoms with E-state index < -0.39 is 0 Å². The average Bonchev–Trinajstić information content (AvgIpc) is 2.28. The molecule has 1 aromatic rings. The zero-order valence-electron chi connectivity index (χ0n) is 11.2. The van der Waals surface area contributed by atoms with Crippen molar-refractivity contribution in [3.05, 3.63) is 28.2 Å². The van der Waals surface area contributed by atoms with Crippen molar-refractivity contribution >= 4 is 21.6 Å². The van der Waals surface area contributed by atoms with Crippen molar-refractivity contribution in [3.63, 3.8) is 0 Å². The summed E-state index contributed by atoms with van der Waals surface area (Å²) in [6, 6.07) is 6.45. The van der Waals surface area contributed by atoms with Gasteiger partial charge in [-0.1, -0.05) is 26.3 Å². The number of hydrogen-bond donors (Lipinski definition) is 1. The molecule has 0 aliphatic carbocycles. The van der Waals surface area contributed by atoms with Gasteiger partial charge in [-0.3, -0.25) is 0 Å². The van der Waals surface area contributed by atoms with Gasteiger partial charge in [-0.05, 0) is 46.5 Å². The molecule has 0 heterocycles. The van der Waals surface area contributed by atoms with Gasteiger partial charge in [-0.25, -0.2) is 0 Å². The molecule has 2 nitrogen and oxygen atoms in total. The Bertz CT molecular complexity index is 363. The third-order valence-corrected chi connectivity index (χ3v) is 3.83. The normalized spacial score (nSPS) is 14.5. The van der Waals surface area contributed by atoms with Crippen LogP contribution in [0.3, 0.4) is 0 Å². The summed E-state index contributed by atoms with van der Waals surface area (Å²) in [5.41, 5.74) is 8.27. The van der Waals surface area contributed by atoms with E-state index in [0.29, 0.717) is 5.92 Å². The topological polar surface area (TPSA) is 29.3 Å². The molecular weight excluding hydrogens is 276 g/mol. The van der Waals surface area contributed by atoms with E-state index in [1.165, 1.54) is 12.1 Å². The molecule has 3 heteroatoms. The van der Waals surface area contributed by atoms with Crippen molar-refractivity contribution in [1.29, 1.82) is 0 Å². The first-order valence-corrected chi connectivity index (χ1v) is 7.01. The zero-order valence-corrected chi connectivity index (χ0v) is 12.8. The number of hydrogen-bond acceptors (Lipinski definition) is 2. The fraction of sp³-hybridized carbons (Fsp3) is 0.571. The Labute approximate surface area is 113 Å². The van der Waals surface area contributed by atoms with Crippen LogP contribution in [-0.2, 0) is 0 Å². The Morgan fingerprint density at radius 3 is 2.47 bits per heavy atom. The highest BCUT2D eigenvalue weighted by Crippen LogP contribution is 2.28. The molecule has 1 unspecified atom stereocenters. The third-order valence-electron chi connectivity index (χ3n) is 3.19. The summed E-state index contributed by atoms with van der Waals surface area (Å²) >= 11 is 3.63. The zero-order chi connectivity index (χ0) is 13.0. The first-order chi connectivity index (χ1) is 7.95. The molecule has 0 radical (unpaired) electrons. The van der Waals surface area contributed by atoms with E-state index in [2.05, 4.69) is 59.9 Å². The monoisotopic (exact) mass is 298 g/mol. The van der Waals surface area contributed by atoms with E-state index in [4.69, 9.17) is 5.73 Å². The highest BCUT2D eigenvalue weighted by molar-refractivity contribution is 9.10. The predicted octanol–water partition coefficient (Wildman–Crippen LogP) is 3.95. The van der Waals surface area contributed by atoms with Gasteiger partial charge >= 0.3 is 0 Å². The third kappa shape index (κ3) is 4.00. The van der Waals surface area contributed by atoms with Crippen LogP contribution >= 0.6 is 15.9 Å². The lowest BCUT2D eigenvalue weighted by atomic mass is 10.1. The highest BCUT2D eigenvalue weighted by atomic mass is 79.9. The summed E-state index contributed by atoms with van der Waals surface area (Å²) in [4.78, 5) is 2.29. The van der Waals surface area contributed by atoms with Gasteiger partial charge in [-0.15, -0.1) is 0 Å². The largest absolute Gasteiger partial charge is 0.373 e. The smallest absolute Gasteiger partial charge is 0.0508 e. The van der Waals surface area contributed by atoms with Crippen LogP contribution in [0.5, 0.6) is 0 Å². The van der Waals surface area contributed by atoms with Crippen LogP contribution in [0, 0.1) is 5.92 Å². The van der Waals surface area contributed by atoms with E-state index >= 15 is 0 Å². The molecule has 17 heavy (non-hydrogen) atoms. The van der Waals surface area contributed by atoms with E-state index in [9.17, 15) is 0 Å². The Hall–Kier alpha value is -0.540. The lowest BCUT2D eigenvalue weighted by Crippen LogP contribution is -2.24. The van der Waals surface area contributed by atoms with Crippen molar-refractivity contribution in [2.45, 2.75) is 33.2 Å². The van der Waals surface area contributed by atoms with Gasteiger partial charge in [0, 0.05) is 24.1 Å². The molecule has 96 valence electrons. The van der Waals surface area contributed by atoms with Crippen molar-refractivity contribution in [2.24, 2.45) is 11.7 Å². The van der Waals surface area contributed by atoms with E-state index in [1.54, 1.807) is 0 Å². The SMILES string of the molecule is CCC(C)CN(C)c1ccc([C@H](C)N)cc1Br. The number of halogens is 1. The van der Waals surface area contributed by atoms with Crippen LogP contribution in [-0.4, -0.2) is 13.6 Å². The van der Waals surface area contributed by atoms with E-state index in [0.717, 1.165) is 16.6 Å². The molecule has 2 N–H and O–H groups in total. The van der Waals surface area contributed by atoms with Gasteiger partial charge < -0.3 is 10.6 Å². The van der Waals surface area contributed by atoms with Crippen molar-refractivity contribution in [2.75, 3.05) is 18.5 Å². The standard InChI is InChI=1S/C14H23BrN2/c1-5-10(2)9-17(4)14-7-6-12(11(3)16)8-13(14)15/h6-8,10-11H,5,9,16H2,1-4H3/t10?,11-/m0/s1. The molecule has 0 aliphatic rings. The van der Waals surface area contributed by atoms with Gasteiger partial charge in [0.15, 0.2) is 0 Å². The second kappa shape index (κ2) is 6.41. The molecule has 0 fully saturated rings. The molecule has 2 atom stereocenters. The fourth-order valence-electron chi connectivity index (χ4n) is 1.81. The molecule has 1 rings (SSSR count). The summed E-state index contributed by atoms with van der Waals surface area (Å²) in [5.74, 6) is 0.708. The van der Waals surface area contributed by atoms with Crippen LogP contribution in [0.25, 0.3) is 0 Å².